The maximum atomic E-state index is 12.2. The first-order valence-corrected chi connectivity index (χ1v) is 9.06. The Morgan fingerprint density at radius 3 is 2.57 bits per heavy atom. The second kappa shape index (κ2) is 9.42. The lowest BCUT2D eigenvalue weighted by Gasteiger charge is -2.09. The SMILES string of the molecule is COc1ccc(C(=O)NCC(=O)N/N=C/c2c(O)ccc3ccccc23)cc1OC. The number of hydrogen-bond acceptors (Lipinski definition) is 6. The van der Waals surface area contributed by atoms with Crippen molar-refractivity contribution in [2.75, 3.05) is 20.8 Å². The van der Waals surface area contributed by atoms with Gasteiger partial charge in [-0.15, -0.1) is 0 Å². The molecule has 0 saturated heterocycles. The molecule has 0 spiro atoms. The van der Waals surface area contributed by atoms with E-state index in [0.717, 1.165) is 10.8 Å². The highest BCUT2D eigenvalue weighted by atomic mass is 16.5. The lowest BCUT2D eigenvalue weighted by Crippen LogP contribution is -2.34. The summed E-state index contributed by atoms with van der Waals surface area (Å²) < 4.78 is 10.3. The highest BCUT2D eigenvalue weighted by molar-refractivity contribution is 6.02. The third-order valence-electron chi connectivity index (χ3n) is 4.39. The van der Waals surface area contributed by atoms with E-state index in [9.17, 15) is 14.7 Å². The first kappa shape index (κ1) is 20.7. The van der Waals surface area contributed by atoms with E-state index in [2.05, 4.69) is 15.8 Å². The number of hydrazone groups is 1. The Labute approximate surface area is 173 Å². The number of carbonyl (C=O) groups excluding carboxylic acids is 2. The smallest absolute Gasteiger partial charge is 0.259 e. The van der Waals surface area contributed by atoms with Crippen LogP contribution in [-0.4, -0.2) is 43.9 Å². The van der Waals surface area contributed by atoms with E-state index in [1.807, 2.05) is 24.3 Å². The molecule has 0 aliphatic carbocycles. The summed E-state index contributed by atoms with van der Waals surface area (Å²) in [6.07, 6.45) is 1.37. The molecule has 0 saturated carbocycles. The van der Waals surface area contributed by atoms with Crippen LogP contribution in [-0.2, 0) is 4.79 Å². The molecule has 3 aromatic carbocycles. The molecule has 0 bridgehead atoms. The fourth-order valence-electron chi connectivity index (χ4n) is 2.87. The van der Waals surface area contributed by atoms with Crippen molar-refractivity contribution in [2.24, 2.45) is 5.10 Å². The van der Waals surface area contributed by atoms with Crippen molar-refractivity contribution >= 4 is 28.8 Å². The minimum atomic E-state index is -0.514. The van der Waals surface area contributed by atoms with E-state index in [1.165, 1.54) is 26.5 Å². The predicted octanol–water partition coefficient (Wildman–Crippen LogP) is 2.44. The molecule has 0 fully saturated rings. The molecule has 3 rings (SSSR count). The molecule has 0 radical (unpaired) electrons. The molecule has 3 N–H and O–H groups in total. The van der Waals surface area contributed by atoms with Crippen LogP contribution in [0.25, 0.3) is 10.8 Å². The van der Waals surface area contributed by atoms with E-state index in [0.29, 0.717) is 22.6 Å². The van der Waals surface area contributed by atoms with Gasteiger partial charge in [-0.05, 0) is 35.0 Å². The van der Waals surface area contributed by atoms with Crippen LogP contribution in [0.1, 0.15) is 15.9 Å². The molecule has 0 aliphatic heterocycles. The minimum absolute atomic E-state index is 0.0495. The van der Waals surface area contributed by atoms with Gasteiger partial charge in [-0.3, -0.25) is 9.59 Å². The molecular formula is C22H21N3O5. The summed E-state index contributed by atoms with van der Waals surface area (Å²) in [5.41, 5.74) is 3.14. The number of methoxy groups -OCH3 is 2. The largest absolute Gasteiger partial charge is 0.507 e. The Hall–Kier alpha value is -4.07. The van der Waals surface area contributed by atoms with Crippen LogP contribution in [0.15, 0.2) is 59.7 Å². The lowest BCUT2D eigenvalue weighted by atomic mass is 10.0. The van der Waals surface area contributed by atoms with Crippen LogP contribution in [0.4, 0.5) is 0 Å². The number of nitrogens with zero attached hydrogens (tertiary/aromatic N) is 1. The van der Waals surface area contributed by atoms with E-state index < -0.39 is 11.8 Å². The second-order valence-corrected chi connectivity index (χ2v) is 6.27. The fraction of sp³-hybridized carbons (Fsp3) is 0.136. The Kier molecular flexibility index (Phi) is 6.49. The van der Waals surface area contributed by atoms with Crippen molar-refractivity contribution in [3.63, 3.8) is 0 Å². The normalized spacial score (nSPS) is 10.7. The first-order chi connectivity index (χ1) is 14.5. The fourth-order valence-corrected chi connectivity index (χ4v) is 2.87. The van der Waals surface area contributed by atoms with Gasteiger partial charge in [0.25, 0.3) is 11.8 Å². The summed E-state index contributed by atoms with van der Waals surface area (Å²) >= 11 is 0. The molecule has 0 atom stereocenters. The summed E-state index contributed by atoms with van der Waals surface area (Å²) in [4.78, 5) is 24.2. The molecule has 154 valence electrons. The van der Waals surface area contributed by atoms with Crippen LogP contribution in [0, 0.1) is 0 Å². The lowest BCUT2D eigenvalue weighted by molar-refractivity contribution is -0.120. The van der Waals surface area contributed by atoms with E-state index in [4.69, 9.17) is 9.47 Å². The van der Waals surface area contributed by atoms with Gasteiger partial charge in [-0.2, -0.15) is 5.10 Å². The van der Waals surface area contributed by atoms with Crippen LogP contribution in [0.2, 0.25) is 0 Å². The monoisotopic (exact) mass is 407 g/mol. The third kappa shape index (κ3) is 4.67. The summed E-state index contributed by atoms with van der Waals surface area (Å²) in [5, 5.41) is 18.2. The molecule has 8 nitrogen and oxygen atoms in total. The van der Waals surface area contributed by atoms with Gasteiger partial charge in [-0.25, -0.2) is 5.43 Å². The van der Waals surface area contributed by atoms with Gasteiger partial charge in [-0.1, -0.05) is 30.3 Å². The number of phenols is 1. The standard InChI is InChI=1S/C22H21N3O5/c1-29-19-10-8-15(11-20(19)30-2)22(28)23-13-21(27)25-24-12-17-16-6-4-3-5-14(16)7-9-18(17)26/h3-12,26H,13H2,1-2H3,(H,23,28)(H,25,27)/b24-12+. The number of carbonyl (C=O) groups is 2. The maximum Gasteiger partial charge on any atom is 0.259 e. The van der Waals surface area contributed by atoms with Crippen molar-refractivity contribution < 1.29 is 24.2 Å². The number of fused-ring (bicyclic) bond motifs is 1. The van der Waals surface area contributed by atoms with Crippen molar-refractivity contribution in [3.05, 3.63) is 65.7 Å². The van der Waals surface area contributed by atoms with Gasteiger partial charge in [0.15, 0.2) is 11.5 Å². The zero-order chi connectivity index (χ0) is 21.5. The number of amides is 2. The van der Waals surface area contributed by atoms with E-state index in [-0.39, 0.29) is 12.3 Å². The number of phenolic OH excluding ortho intramolecular Hbond substituents is 1. The van der Waals surface area contributed by atoms with Crippen LogP contribution < -0.4 is 20.2 Å². The molecule has 3 aromatic rings. The minimum Gasteiger partial charge on any atom is -0.507 e. The van der Waals surface area contributed by atoms with Gasteiger partial charge in [0.2, 0.25) is 0 Å². The molecule has 0 aliphatic rings. The van der Waals surface area contributed by atoms with Gasteiger partial charge in [0.1, 0.15) is 5.75 Å². The van der Waals surface area contributed by atoms with Crippen LogP contribution >= 0.6 is 0 Å². The number of nitrogens with one attached hydrogen (secondary N) is 2. The van der Waals surface area contributed by atoms with E-state index >= 15 is 0 Å². The van der Waals surface area contributed by atoms with Gasteiger partial charge >= 0.3 is 0 Å². The van der Waals surface area contributed by atoms with Gasteiger partial charge < -0.3 is 19.9 Å². The van der Waals surface area contributed by atoms with Crippen LogP contribution in [0.3, 0.4) is 0 Å². The Morgan fingerprint density at radius 2 is 1.80 bits per heavy atom. The van der Waals surface area contributed by atoms with Gasteiger partial charge in [0, 0.05) is 11.1 Å². The molecular weight excluding hydrogens is 386 g/mol. The van der Waals surface area contributed by atoms with E-state index in [1.54, 1.807) is 24.3 Å². The number of benzene rings is 3. The Bertz CT molecular complexity index is 1110. The topological polar surface area (TPSA) is 109 Å². The van der Waals surface area contributed by atoms with Crippen LogP contribution in [0.5, 0.6) is 17.2 Å². The van der Waals surface area contributed by atoms with Crippen molar-refractivity contribution in [2.45, 2.75) is 0 Å². The highest BCUT2D eigenvalue weighted by Gasteiger charge is 2.12. The number of rotatable bonds is 7. The van der Waals surface area contributed by atoms with Gasteiger partial charge in [0.05, 0.1) is 27.0 Å². The van der Waals surface area contributed by atoms with Crippen molar-refractivity contribution in [1.82, 2.24) is 10.7 Å². The molecule has 0 unspecified atom stereocenters. The Morgan fingerprint density at radius 1 is 1.03 bits per heavy atom. The zero-order valence-electron chi connectivity index (χ0n) is 16.5. The number of ether oxygens (including phenoxy) is 2. The van der Waals surface area contributed by atoms with Crippen molar-refractivity contribution in [1.29, 1.82) is 0 Å². The summed E-state index contributed by atoms with van der Waals surface area (Å²) in [6.45, 7) is -0.272. The summed E-state index contributed by atoms with van der Waals surface area (Å²) in [5.74, 6) is 0.00181. The molecule has 0 aromatic heterocycles. The Balaban J connectivity index is 1.59. The third-order valence-corrected chi connectivity index (χ3v) is 4.39. The molecule has 2 amide bonds. The average molecular weight is 407 g/mol. The second-order valence-electron chi connectivity index (χ2n) is 6.27. The predicted molar refractivity (Wildman–Crippen MR) is 113 cm³/mol. The molecule has 8 heteroatoms. The number of aromatic hydroxyl groups is 1. The first-order valence-electron chi connectivity index (χ1n) is 9.06. The summed E-state index contributed by atoms with van der Waals surface area (Å²) in [7, 11) is 2.97. The zero-order valence-corrected chi connectivity index (χ0v) is 16.5. The average Bonchev–Trinajstić information content (AvgIpc) is 2.78. The quantitative estimate of drug-likeness (QED) is 0.412. The molecule has 30 heavy (non-hydrogen) atoms. The number of hydrogen-bond donors (Lipinski definition) is 3. The highest BCUT2D eigenvalue weighted by Crippen LogP contribution is 2.27. The maximum absolute atomic E-state index is 12.2. The summed E-state index contributed by atoms with van der Waals surface area (Å²) in [6, 6.07) is 15.6. The van der Waals surface area contributed by atoms with Crippen molar-refractivity contribution in [3.8, 4) is 17.2 Å². The molecule has 0 heterocycles.